The standard InChI is InChI=1S/C19H25N5O7S/c1-4-15(19(25)20-18-11-13(2)31-21-18)22-7-9-23(10-8-22)32(28,29)14-5-6-17(30-3)16(12-14)24(26)27/h5-6,11-12,15H,4,7-10H2,1-3H3,(H,20,21,25). The third-order valence-electron chi connectivity index (χ3n) is 5.27. The fourth-order valence-electron chi connectivity index (χ4n) is 3.62. The van der Waals surface area contributed by atoms with Crippen molar-refractivity contribution in [2.24, 2.45) is 0 Å². The van der Waals surface area contributed by atoms with Gasteiger partial charge < -0.3 is 14.6 Å². The van der Waals surface area contributed by atoms with Gasteiger partial charge in [0, 0.05) is 38.3 Å². The van der Waals surface area contributed by atoms with Crippen LogP contribution in [0, 0.1) is 17.0 Å². The lowest BCUT2D eigenvalue weighted by Crippen LogP contribution is -2.54. The molecular weight excluding hydrogens is 442 g/mol. The fourth-order valence-corrected chi connectivity index (χ4v) is 5.06. The number of nitrogens with one attached hydrogen (secondary N) is 1. The zero-order chi connectivity index (χ0) is 23.5. The molecule has 2 aromatic rings. The Morgan fingerprint density at radius 2 is 2.00 bits per heavy atom. The zero-order valence-electron chi connectivity index (χ0n) is 18.0. The van der Waals surface area contributed by atoms with Crippen LogP contribution in [-0.4, -0.2) is 72.9 Å². The average molecular weight is 468 g/mol. The number of anilines is 1. The van der Waals surface area contributed by atoms with Crippen LogP contribution >= 0.6 is 0 Å². The highest BCUT2D eigenvalue weighted by molar-refractivity contribution is 7.89. The van der Waals surface area contributed by atoms with Gasteiger partial charge in [-0.15, -0.1) is 0 Å². The number of amides is 1. The van der Waals surface area contributed by atoms with Crippen LogP contribution in [0.25, 0.3) is 0 Å². The van der Waals surface area contributed by atoms with E-state index < -0.39 is 26.7 Å². The number of hydrogen-bond donors (Lipinski definition) is 1. The summed E-state index contributed by atoms with van der Waals surface area (Å²) in [6.07, 6.45) is 0.528. The Labute approximate surface area is 185 Å². The molecule has 1 atom stereocenters. The van der Waals surface area contributed by atoms with Gasteiger partial charge in [0.05, 0.1) is 23.0 Å². The summed E-state index contributed by atoms with van der Waals surface area (Å²) in [6, 6.07) is 4.71. The molecule has 1 saturated heterocycles. The van der Waals surface area contributed by atoms with Crippen molar-refractivity contribution in [3.05, 3.63) is 40.1 Å². The number of aromatic nitrogens is 1. The third-order valence-corrected chi connectivity index (χ3v) is 7.16. The summed E-state index contributed by atoms with van der Waals surface area (Å²) in [5.41, 5.74) is -0.418. The number of piperazine rings is 1. The molecule has 2 heterocycles. The van der Waals surface area contributed by atoms with Gasteiger partial charge in [0.15, 0.2) is 11.6 Å². The van der Waals surface area contributed by atoms with E-state index in [1.165, 1.54) is 23.5 Å². The maximum Gasteiger partial charge on any atom is 0.312 e. The minimum atomic E-state index is -3.94. The number of nitro groups is 1. The SMILES string of the molecule is CCC(C(=O)Nc1cc(C)on1)N1CCN(S(=O)(=O)c2ccc(OC)c([N+](=O)[O-])c2)CC1. The number of nitro benzene ring substituents is 1. The van der Waals surface area contributed by atoms with Crippen molar-refractivity contribution in [3.8, 4) is 5.75 Å². The minimum Gasteiger partial charge on any atom is -0.490 e. The lowest BCUT2D eigenvalue weighted by atomic mass is 10.1. The lowest BCUT2D eigenvalue weighted by Gasteiger charge is -2.37. The van der Waals surface area contributed by atoms with E-state index in [4.69, 9.17) is 9.26 Å². The van der Waals surface area contributed by atoms with Crippen molar-refractivity contribution in [3.63, 3.8) is 0 Å². The number of benzene rings is 1. The van der Waals surface area contributed by atoms with E-state index in [-0.39, 0.29) is 29.6 Å². The van der Waals surface area contributed by atoms with E-state index >= 15 is 0 Å². The van der Waals surface area contributed by atoms with E-state index in [0.717, 1.165) is 6.07 Å². The topological polar surface area (TPSA) is 148 Å². The molecule has 3 rings (SSSR count). The number of carbonyl (C=O) groups is 1. The van der Waals surface area contributed by atoms with Gasteiger partial charge in [0.1, 0.15) is 5.76 Å². The predicted octanol–water partition coefficient (Wildman–Crippen LogP) is 1.62. The Kier molecular flexibility index (Phi) is 7.11. The van der Waals surface area contributed by atoms with Crippen molar-refractivity contribution < 1.29 is 27.4 Å². The molecule has 1 aromatic heterocycles. The van der Waals surface area contributed by atoms with Crippen molar-refractivity contribution >= 4 is 27.4 Å². The summed E-state index contributed by atoms with van der Waals surface area (Å²) in [5, 5.41) is 17.7. The summed E-state index contributed by atoms with van der Waals surface area (Å²) >= 11 is 0. The predicted molar refractivity (Wildman–Crippen MR) is 114 cm³/mol. The normalized spacial score (nSPS) is 16.5. The monoisotopic (exact) mass is 467 g/mol. The van der Waals surface area contributed by atoms with E-state index in [1.807, 2.05) is 11.8 Å². The Hall–Kier alpha value is -3.03. The van der Waals surface area contributed by atoms with Crippen molar-refractivity contribution in [2.75, 3.05) is 38.6 Å². The van der Waals surface area contributed by atoms with Gasteiger partial charge in [-0.2, -0.15) is 4.31 Å². The summed E-state index contributed by atoms with van der Waals surface area (Å²) < 4.78 is 37.2. The van der Waals surface area contributed by atoms with Gasteiger partial charge >= 0.3 is 5.69 Å². The average Bonchev–Trinajstić information content (AvgIpc) is 3.18. The number of nitrogens with zero attached hydrogens (tertiary/aromatic N) is 4. The second-order valence-electron chi connectivity index (χ2n) is 7.27. The molecule has 0 saturated carbocycles. The zero-order valence-corrected chi connectivity index (χ0v) is 18.8. The maximum absolute atomic E-state index is 13.0. The summed E-state index contributed by atoms with van der Waals surface area (Å²) in [6.45, 7) is 4.56. The number of sulfonamides is 1. The number of hydrogen-bond acceptors (Lipinski definition) is 9. The first-order valence-corrected chi connectivity index (χ1v) is 11.4. The van der Waals surface area contributed by atoms with Crippen LogP contribution in [0.2, 0.25) is 0 Å². The Bertz CT molecular complexity index is 1090. The number of ether oxygens (including phenoxy) is 1. The van der Waals surface area contributed by atoms with Gasteiger partial charge in [-0.05, 0) is 25.5 Å². The largest absolute Gasteiger partial charge is 0.490 e. The van der Waals surface area contributed by atoms with E-state index in [9.17, 15) is 23.3 Å². The number of rotatable bonds is 8. The van der Waals surface area contributed by atoms with Crippen LogP contribution < -0.4 is 10.1 Å². The van der Waals surface area contributed by atoms with Crippen molar-refractivity contribution in [2.45, 2.75) is 31.2 Å². The molecule has 0 aliphatic carbocycles. The summed E-state index contributed by atoms with van der Waals surface area (Å²) in [7, 11) is -2.66. The molecule has 0 bridgehead atoms. The molecule has 12 nitrogen and oxygen atoms in total. The first kappa shape index (κ1) is 23.6. The molecule has 1 aromatic carbocycles. The molecule has 0 spiro atoms. The van der Waals surface area contributed by atoms with Crippen LogP contribution in [0.4, 0.5) is 11.5 Å². The van der Waals surface area contributed by atoms with E-state index in [0.29, 0.717) is 31.1 Å². The lowest BCUT2D eigenvalue weighted by molar-refractivity contribution is -0.386. The summed E-state index contributed by atoms with van der Waals surface area (Å²) in [4.78, 5) is 25.0. The molecule has 1 amide bonds. The molecule has 13 heteroatoms. The first-order chi connectivity index (χ1) is 15.2. The maximum atomic E-state index is 13.0. The van der Waals surface area contributed by atoms with E-state index in [2.05, 4.69) is 10.5 Å². The molecule has 0 radical (unpaired) electrons. The molecule has 1 aliphatic rings. The van der Waals surface area contributed by atoms with Crippen LogP contribution in [0.3, 0.4) is 0 Å². The van der Waals surface area contributed by atoms with Crippen LogP contribution in [0.15, 0.2) is 33.7 Å². The minimum absolute atomic E-state index is 0.0159. The molecule has 1 unspecified atom stereocenters. The van der Waals surface area contributed by atoms with Crippen LogP contribution in [0.1, 0.15) is 19.1 Å². The molecule has 174 valence electrons. The number of carbonyl (C=O) groups excluding carboxylic acids is 1. The van der Waals surface area contributed by atoms with Crippen molar-refractivity contribution in [1.82, 2.24) is 14.4 Å². The summed E-state index contributed by atoms with van der Waals surface area (Å²) in [5.74, 6) is 0.639. The van der Waals surface area contributed by atoms with Crippen LogP contribution in [0.5, 0.6) is 5.75 Å². The third kappa shape index (κ3) is 4.89. The fraction of sp³-hybridized carbons (Fsp3) is 0.474. The molecule has 32 heavy (non-hydrogen) atoms. The number of methoxy groups -OCH3 is 1. The quantitative estimate of drug-likeness (QED) is 0.451. The molecule has 1 fully saturated rings. The Balaban J connectivity index is 1.69. The highest BCUT2D eigenvalue weighted by Gasteiger charge is 2.34. The van der Waals surface area contributed by atoms with Gasteiger partial charge in [-0.3, -0.25) is 19.8 Å². The highest BCUT2D eigenvalue weighted by Crippen LogP contribution is 2.31. The second-order valence-corrected chi connectivity index (χ2v) is 9.20. The van der Waals surface area contributed by atoms with Gasteiger partial charge in [-0.25, -0.2) is 8.42 Å². The Morgan fingerprint density at radius 3 is 2.53 bits per heavy atom. The highest BCUT2D eigenvalue weighted by atomic mass is 32.2. The molecular formula is C19H25N5O7S. The van der Waals surface area contributed by atoms with Crippen LogP contribution in [-0.2, 0) is 14.8 Å². The molecule has 1 N–H and O–H groups in total. The van der Waals surface area contributed by atoms with Gasteiger partial charge in [0.25, 0.3) is 0 Å². The first-order valence-electron chi connectivity index (χ1n) is 9.98. The van der Waals surface area contributed by atoms with Crippen molar-refractivity contribution in [1.29, 1.82) is 0 Å². The molecule has 1 aliphatic heterocycles. The Morgan fingerprint density at radius 1 is 1.31 bits per heavy atom. The van der Waals surface area contributed by atoms with Gasteiger partial charge in [0.2, 0.25) is 15.9 Å². The second kappa shape index (κ2) is 9.63. The smallest absolute Gasteiger partial charge is 0.312 e. The number of aryl methyl sites for hydroxylation is 1. The van der Waals surface area contributed by atoms with Gasteiger partial charge in [-0.1, -0.05) is 12.1 Å². The van der Waals surface area contributed by atoms with E-state index in [1.54, 1.807) is 13.0 Å².